The molecule has 16 heteroatoms. The van der Waals surface area contributed by atoms with E-state index in [1.54, 1.807) is 0 Å². The van der Waals surface area contributed by atoms with Crippen LogP contribution in [-0.4, -0.2) is 90.0 Å². The molecular formula is C112H136N10O4S2. The summed E-state index contributed by atoms with van der Waals surface area (Å²) < 4.78 is 48.1. The van der Waals surface area contributed by atoms with Crippen LogP contribution in [0.25, 0.3) is 115 Å². The van der Waals surface area contributed by atoms with Gasteiger partial charge in [-0.3, -0.25) is 0 Å². The van der Waals surface area contributed by atoms with Gasteiger partial charge in [0.25, 0.3) is 0 Å². The molecule has 0 amide bonds. The minimum Gasteiger partial charge on any atom is -0.493 e. The zero-order valence-corrected chi connectivity index (χ0v) is 80.8. The van der Waals surface area contributed by atoms with Crippen LogP contribution in [0.15, 0.2) is 133 Å². The van der Waals surface area contributed by atoms with E-state index in [9.17, 15) is 0 Å². The number of H-pyrrole nitrogens is 2. The van der Waals surface area contributed by atoms with Crippen molar-refractivity contribution in [2.75, 3.05) is 62.4 Å². The topological polar surface area (TPSA) is 152 Å². The highest BCUT2D eigenvalue weighted by molar-refractivity contribution is 7.00. The van der Waals surface area contributed by atoms with Crippen LogP contribution in [0.2, 0.25) is 0 Å². The van der Waals surface area contributed by atoms with Crippen LogP contribution in [0.4, 0.5) is 11.4 Å². The van der Waals surface area contributed by atoms with Crippen LogP contribution in [0, 0.1) is 45.3 Å². The Hall–Kier alpha value is -11.0. The molecule has 8 bridgehead atoms. The lowest BCUT2D eigenvalue weighted by atomic mass is 9.93. The molecule has 128 heavy (non-hydrogen) atoms. The van der Waals surface area contributed by atoms with E-state index < -0.39 is 0 Å². The maximum absolute atomic E-state index is 7.06. The van der Waals surface area contributed by atoms with Crippen molar-refractivity contribution in [1.82, 2.24) is 37.4 Å². The summed E-state index contributed by atoms with van der Waals surface area (Å²) in [5.41, 5.74) is 21.2. The molecule has 0 radical (unpaired) electrons. The number of fused-ring (bicyclic) bond motifs is 10. The van der Waals surface area contributed by atoms with Crippen molar-refractivity contribution in [2.24, 2.45) is 21.7 Å². The smallest absolute Gasteiger partial charge is 0.131 e. The van der Waals surface area contributed by atoms with Crippen molar-refractivity contribution in [1.29, 1.82) is 0 Å². The average Bonchev–Trinajstić information content (AvgIpc) is 1.60. The second-order valence-corrected chi connectivity index (χ2v) is 40.3. The SMILES string of the molecule is CCCCCCN(CCCCCC)c1ccc(/C=C/c2ccc(C#Cc3c4nc(c(-c5c(OCCC(C)(C)C)cccc5OCCC(C)(C)C)c5ccc([nH]5)c(C#Cc5ccc(/C=C/c6ccc(N(CCCCCC)CCCCCC)cc6)c6nsnc56)c5nc(c(-c6c(OCCC(C)(C)C)cccc6OCCC(C)(C)C)c6ccc3[nH]6)C=C5)C=C4)c3nsnc23)cc1. The van der Waals surface area contributed by atoms with E-state index in [1.165, 1.54) is 138 Å². The van der Waals surface area contributed by atoms with Gasteiger partial charge < -0.3 is 38.7 Å². The monoisotopic (exact) mass is 1750 g/mol. The number of aromatic amines is 2. The molecule has 2 aliphatic rings. The van der Waals surface area contributed by atoms with Gasteiger partial charge in [-0.15, -0.1) is 0 Å². The number of unbranched alkanes of at least 4 members (excludes halogenated alkanes) is 12. The van der Waals surface area contributed by atoms with E-state index >= 15 is 0 Å². The second kappa shape index (κ2) is 44.8. The van der Waals surface area contributed by atoms with E-state index in [0.29, 0.717) is 83.3 Å². The van der Waals surface area contributed by atoms with Crippen LogP contribution in [0.5, 0.6) is 23.0 Å². The van der Waals surface area contributed by atoms with Crippen molar-refractivity contribution in [2.45, 2.75) is 239 Å². The Labute approximate surface area is 771 Å². The zero-order chi connectivity index (χ0) is 90.2. The van der Waals surface area contributed by atoms with Crippen molar-refractivity contribution in [3.8, 4) is 68.9 Å². The number of hydrogen-bond acceptors (Lipinski definition) is 14. The van der Waals surface area contributed by atoms with Gasteiger partial charge in [-0.1, -0.05) is 284 Å². The second-order valence-electron chi connectivity index (χ2n) is 39.3. The Morgan fingerprint density at radius 1 is 0.320 bits per heavy atom. The Kier molecular flexibility index (Phi) is 33.1. The molecule has 0 unspecified atom stereocenters. The number of anilines is 2. The molecule has 14 nitrogen and oxygen atoms in total. The fraction of sp³-hybridized carbons (Fsp3) is 0.429. The van der Waals surface area contributed by atoms with Crippen LogP contribution in [-0.2, 0) is 0 Å². The van der Waals surface area contributed by atoms with E-state index in [0.717, 1.165) is 152 Å². The number of nitrogens with zero attached hydrogens (tertiary/aromatic N) is 8. The molecule has 2 N–H and O–H groups in total. The highest BCUT2D eigenvalue weighted by Crippen LogP contribution is 2.47. The highest BCUT2D eigenvalue weighted by atomic mass is 32.1. The Morgan fingerprint density at radius 2 is 0.633 bits per heavy atom. The zero-order valence-electron chi connectivity index (χ0n) is 79.1. The number of hydrogen-bond donors (Lipinski definition) is 2. The molecule has 0 atom stereocenters. The fourth-order valence-electron chi connectivity index (χ4n) is 16.0. The number of ether oxygens (including phenoxy) is 4. The minimum atomic E-state index is -0.00177. The normalized spacial score (nSPS) is 12.4. The van der Waals surface area contributed by atoms with E-state index in [-0.39, 0.29) is 21.7 Å². The molecular weight excluding hydrogens is 1610 g/mol. The van der Waals surface area contributed by atoms with Crippen LogP contribution in [0.3, 0.4) is 0 Å². The Bertz CT molecular complexity index is 5540. The summed E-state index contributed by atoms with van der Waals surface area (Å²) in [7, 11) is 0. The summed E-state index contributed by atoms with van der Waals surface area (Å²) in [5.74, 6) is 17.6. The number of rotatable bonds is 40. The van der Waals surface area contributed by atoms with E-state index in [4.69, 9.17) is 46.4 Å². The van der Waals surface area contributed by atoms with Gasteiger partial charge in [0.2, 0.25) is 0 Å². The molecule has 7 heterocycles. The first-order valence-corrected chi connectivity index (χ1v) is 48.8. The molecule has 0 saturated heterocycles. The van der Waals surface area contributed by atoms with E-state index in [1.807, 2.05) is 12.1 Å². The summed E-state index contributed by atoms with van der Waals surface area (Å²) >= 11 is 2.39. The maximum Gasteiger partial charge on any atom is 0.131 e. The molecule has 0 fully saturated rings. The molecule has 11 aromatic rings. The predicted octanol–water partition coefficient (Wildman–Crippen LogP) is 30.3. The Balaban J connectivity index is 1.00. The quantitative estimate of drug-likeness (QED) is 0.0214. The summed E-state index contributed by atoms with van der Waals surface area (Å²) in [4.78, 5) is 24.8. The molecule has 5 aromatic heterocycles. The minimum absolute atomic E-state index is 0.00177. The first kappa shape index (κ1) is 94.6. The van der Waals surface area contributed by atoms with Crippen molar-refractivity contribution < 1.29 is 18.9 Å². The van der Waals surface area contributed by atoms with Crippen molar-refractivity contribution >= 4 is 128 Å². The maximum atomic E-state index is 7.06. The van der Waals surface area contributed by atoms with Crippen LogP contribution in [0.1, 0.15) is 306 Å². The molecule has 0 saturated carbocycles. The first-order valence-electron chi connectivity index (χ1n) is 47.4. The van der Waals surface area contributed by atoms with Crippen molar-refractivity contribution in [3.05, 3.63) is 201 Å². The summed E-state index contributed by atoms with van der Waals surface area (Å²) in [6, 6.07) is 47.2. The van der Waals surface area contributed by atoms with Gasteiger partial charge in [0.15, 0.2) is 0 Å². The molecule has 0 aliphatic carbocycles. The third-order valence-electron chi connectivity index (χ3n) is 23.8. The predicted molar refractivity (Wildman–Crippen MR) is 547 cm³/mol. The van der Waals surface area contributed by atoms with Gasteiger partial charge in [-0.05, 0) is 193 Å². The van der Waals surface area contributed by atoms with Gasteiger partial charge >= 0.3 is 0 Å². The van der Waals surface area contributed by atoms with Crippen LogP contribution >= 0.6 is 23.5 Å². The number of nitrogens with one attached hydrogen (secondary N) is 2. The molecule has 0 spiro atoms. The van der Waals surface area contributed by atoms with Gasteiger partial charge in [-0.2, -0.15) is 17.5 Å². The summed E-state index contributed by atoms with van der Waals surface area (Å²) in [5, 5.41) is 0. The molecule has 6 aromatic carbocycles. The third kappa shape index (κ3) is 26.1. The molecule has 13 rings (SSSR count). The van der Waals surface area contributed by atoms with Gasteiger partial charge in [0, 0.05) is 70.8 Å². The Morgan fingerprint density at radius 3 is 0.953 bits per heavy atom. The largest absolute Gasteiger partial charge is 0.493 e. The fourth-order valence-corrected chi connectivity index (χ4v) is 17.1. The summed E-state index contributed by atoms with van der Waals surface area (Å²) in [6.07, 6.45) is 40.2. The molecule has 670 valence electrons. The lowest BCUT2D eigenvalue weighted by Crippen LogP contribution is -2.25. The number of benzene rings is 6. The van der Waals surface area contributed by atoms with Gasteiger partial charge in [-0.25, -0.2) is 9.97 Å². The third-order valence-corrected chi connectivity index (χ3v) is 24.8. The van der Waals surface area contributed by atoms with Crippen LogP contribution < -0.4 is 28.7 Å². The lowest BCUT2D eigenvalue weighted by Gasteiger charge is -2.25. The average molecular weight is 1750 g/mol. The highest BCUT2D eigenvalue weighted by Gasteiger charge is 2.27. The summed E-state index contributed by atoms with van der Waals surface area (Å²) in [6.45, 7) is 42.3. The standard InChI is InChI=1S/C112H136N10O4S2/c1-17-21-25-29-71-121(72-30-26-22-18-2)85-53-41-79(42-54-85)39-45-81-47-49-83(107-105(81)117-127-119-107)51-57-87-89-59-63-93(113-89)101(103-97(123-75-67-109(5,6)7)35-33-36-98(103)124-76-68-110(8,9)10)95-65-61-91(115-95)88(58-52-84-50-48-82(106-108(84)120-128-118-106)46-40-80-43-55-86(56-44-80)122(73-31-27-23-19-3)74-32-28-24-20-4)92-62-66-96(116-92)102(94-64-60-90(87)114-94)104-99(125-77-69-111(11,12)13)37-34-38-100(104)126-78-70-112(14,15)16/h33-50,53-56,59-66,113,116H,17-32,67-78H2,1-16H3/b45-39+,46-40+,89-87?,90-87?,91-88?,92-88?,101-93?,101-95?,102-94?,102-96?. The van der Waals surface area contributed by atoms with Crippen molar-refractivity contribution in [3.63, 3.8) is 0 Å². The first-order chi connectivity index (χ1) is 61.8. The molecule has 2 aliphatic heterocycles. The van der Waals surface area contributed by atoms with E-state index in [2.05, 4.69) is 324 Å². The number of aromatic nitrogens is 8. The lowest BCUT2D eigenvalue weighted by molar-refractivity contribution is 0.235. The van der Waals surface area contributed by atoms with Gasteiger partial charge in [0.1, 0.15) is 45.1 Å². The van der Waals surface area contributed by atoms with Gasteiger partial charge in [0.05, 0.1) is 117 Å².